The molecule has 1 amide bonds. The lowest BCUT2D eigenvalue weighted by molar-refractivity contribution is -0.122. The fourth-order valence-electron chi connectivity index (χ4n) is 3.69. The molecule has 0 unspecified atom stereocenters. The molecule has 0 radical (unpaired) electrons. The summed E-state index contributed by atoms with van der Waals surface area (Å²) in [6.45, 7) is 6.85. The Labute approximate surface area is 134 Å². The quantitative estimate of drug-likeness (QED) is 0.923. The molecule has 1 aliphatic rings. The van der Waals surface area contributed by atoms with E-state index >= 15 is 0 Å². The largest absolute Gasteiger partial charge is 0.355 e. The SMILES string of the molecule is Cc1nn(C)c(C)c1[C@H](C)C(=O)NCC1CCCCCCC1. The Kier molecular flexibility index (Phi) is 6.04. The zero-order valence-electron chi connectivity index (χ0n) is 14.6. The van der Waals surface area contributed by atoms with Crippen molar-refractivity contribution < 1.29 is 4.79 Å². The molecule has 0 spiro atoms. The second-order valence-electron chi connectivity index (χ2n) is 6.89. The van der Waals surface area contributed by atoms with E-state index in [0.29, 0.717) is 5.92 Å². The van der Waals surface area contributed by atoms with Gasteiger partial charge in [0.25, 0.3) is 0 Å². The molecule has 1 aliphatic carbocycles. The van der Waals surface area contributed by atoms with Crippen molar-refractivity contribution in [2.45, 2.75) is 71.6 Å². The molecule has 0 bridgehead atoms. The van der Waals surface area contributed by atoms with Crippen LogP contribution in [0.4, 0.5) is 0 Å². The molecule has 0 aliphatic heterocycles. The van der Waals surface area contributed by atoms with Crippen LogP contribution >= 0.6 is 0 Å². The zero-order chi connectivity index (χ0) is 16.1. The van der Waals surface area contributed by atoms with Gasteiger partial charge in [0.1, 0.15) is 0 Å². The first-order valence-electron chi connectivity index (χ1n) is 8.78. The van der Waals surface area contributed by atoms with E-state index in [9.17, 15) is 4.79 Å². The van der Waals surface area contributed by atoms with Crippen LogP contribution in [-0.2, 0) is 11.8 Å². The summed E-state index contributed by atoms with van der Waals surface area (Å²) < 4.78 is 1.86. The van der Waals surface area contributed by atoms with Crippen LogP contribution in [0, 0.1) is 19.8 Å². The second-order valence-corrected chi connectivity index (χ2v) is 6.89. The second kappa shape index (κ2) is 7.80. The molecule has 124 valence electrons. The lowest BCUT2D eigenvalue weighted by atomic mass is 9.91. The van der Waals surface area contributed by atoms with Crippen molar-refractivity contribution in [1.82, 2.24) is 15.1 Å². The summed E-state index contributed by atoms with van der Waals surface area (Å²) >= 11 is 0. The highest BCUT2D eigenvalue weighted by molar-refractivity contribution is 5.83. The van der Waals surface area contributed by atoms with Crippen molar-refractivity contribution in [3.8, 4) is 0 Å². The van der Waals surface area contributed by atoms with E-state index in [2.05, 4.69) is 10.4 Å². The van der Waals surface area contributed by atoms with Gasteiger partial charge in [-0.2, -0.15) is 5.10 Å². The molecule has 4 nitrogen and oxygen atoms in total. The predicted octanol–water partition coefficient (Wildman–Crippen LogP) is 3.62. The van der Waals surface area contributed by atoms with Crippen molar-refractivity contribution in [3.63, 3.8) is 0 Å². The number of carbonyl (C=O) groups excluding carboxylic acids is 1. The summed E-state index contributed by atoms with van der Waals surface area (Å²) in [4.78, 5) is 12.5. The number of hydrogen-bond donors (Lipinski definition) is 1. The summed E-state index contributed by atoms with van der Waals surface area (Å²) in [6, 6.07) is 0. The van der Waals surface area contributed by atoms with Crippen molar-refractivity contribution in [2.24, 2.45) is 13.0 Å². The van der Waals surface area contributed by atoms with E-state index in [4.69, 9.17) is 0 Å². The molecule has 0 aromatic carbocycles. The monoisotopic (exact) mass is 305 g/mol. The first kappa shape index (κ1) is 17.0. The standard InChI is InChI=1S/C18H31N3O/c1-13(17-14(2)20-21(4)15(17)3)18(22)19-12-16-10-8-6-5-7-9-11-16/h13,16H,5-12H2,1-4H3,(H,19,22)/t13-/m0/s1. The number of aromatic nitrogens is 2. The van der Waals surface area contributed by atoms with Gasteiger partial charge in [-0.25, -0.2) is 0 Å². The fourth-order valence-corrected chi connectivity index (χ4v) is 3.69. The number of aryl methyl sites for hydroxylation is 2. The molecule has 1 saturated carbocycles. The molecule has 1 heterocycles. The van der Waals surface area contributed by atoms with Gasteiger partial charge >= 0.3 is 0 Å². The van der Waals surface area contributed by atoms with Gasteiger partial charge in [-0.1, -0.05) is 32.1 Å². The summed E-state index contributed by atoms with van der Waals surface area (Å²) in [5, 5.41) is 7.61. The van der Waals surface area contributed by atoms with E-state index in [0.717, 1.165) is 23.5 Å². The highest BCUT2D eigenvalue weighted by Crippen LogP contribution is 2.24. The minimum atomic E-state index is -0.123. The Balaban J connectivity index is 1.90. The Morgan fingerprint density at radius 3 is 2.36 bits per heavy atom. The van der Waals surface area contributed by atoms with Crippen LogP contribution in [0.2, 0.25) is 0 Å². The third-order valence-electron chi connectivity index (χ3n) is 5.18. The summed E-state index contributed by atoms with van der Waals surface area (Å²) in [6.07, 6.45) is 9.26. The third kappa shape index (κ3) is 4.11. The molecule has 1 atom stereocenters. The maximum absolute atomic E-state index is 12.5. The van der Waals surface area contributed by atoms with Crippen molar-refractivity contribution >= 4 is 5.91 Å². The molecule has 4 heteroatoms. The van der Waals surface area contributed by atoms with Crippen LogP contribution in [0.3, 0.4) is 0 Å². The zero-order valence-corrected chi connectivity index (χ0v) is 14.6. The molecule has 1 aromatic heterocycles. The molecule has 2 rings (SSSR count). The van der Waals surface area contributed by atoms with Gasteiger partial charge in [-0.15, -0.1) is 0 Å². The number of rotatable bonds is 4. The van der Waals surface area contributed by atoms with Crippen molar-refractivity contribution in [3.05, 3.63) is 17.0 Å². The smallest absolute Gasteiger partial charge is 0.227 e. The average Bonchev–Trinajstić information content (AvgIpc) is 2.70. The Hall–Kier alpha value is -1.32. The van der Waals surface area contributed by atoms with Gasteiger partial charge in [0.05, 0.1) is 11.6 Å². The lowest BCUT2D eigenvalue weighted by Crippen LogP contribution is -2.33. The normalized spacial score (nSPS) is 18.5. The number of carbonyl (C=O) groups is 1. The topological polar surface area (TPSA) is 46.9 Å². The van der Waals surface area contributed by atoms with Crippen molar-refractivity contribution in [2.75, 3.05) is 6.54 Å². The van der Waals surface area contributed by atoms with E-state index in [1.54, 1.807) is 0 Å². The Morgan fingerprint density at radius 2 is 1.82 bits per heavy atom. The van der Waals surface area contributed by atoms with Gasteiger partial charge in [0.2, 0.25) is 5.91 Å². The van der Waals surface area contributed by atoms with Crippen molar-refractivity contribution in [1.29, 1.82) is 0 Å². The molecular weight excluding hydrogens is 274 g/mol. The number of amides is 1. The molecule has 22 heavy (non-hydrogen) atoms. The highest BCUT2D eigenvalue weighted by Gasteiger charge is 2.23. The lowest BCUT2D eigenvalue weighted by Gasteiger charge is -2.21. The minimum absolute atomic E-state index is 0.123. The van der Waals surface area contributed by atoms with E-state index in [1.165, 1.54) is 44.9 Å². The van der Waals surface area contributed by atoms with Gasteiger partial charge in [0, 0.05) is 24.8 Å². The molecular formula is C18H31N3O. The maximum Gasteiger partial charge on any atom is 0.227 e. The Bertz CT molecular complexity index is 499. The fraction of sp³-hybridized carbons (Fsp3) is 0.778. The number of nitrogens with one attached hydrogen (secondary N) is 1. The number of hydrogen-bond acceptors (Lipinski definition) is 2. The van der Waals surface area contributed by atoms with Crippen LogP contribution in [0.5, 0.6) is 0 Å². The first-order valence-corrected chi connectivity index (χ1v) is 8.78. The summed E-state index contributed by atoms with van der Waals surface area (Å²) in [5.74, 6) is 0.677. The molecule has 0 saturated heterocycles. The van der Waals surface area contributed by atoms with Crippen LogP contribution in [0.1, 0.15) is 74.7 Å². The van der Waals surface area contributed by atoms with Gasteiger partial charge in [-0.3, -0.25) is 9.48 Å². The molecule has 1 N–H and O–H groups in total. The van der Waals surface area contributed by atoms with Gasteiger partial charge in [-0.05, 0) is 39.5 Å². The maximum atomic E-state index is 12.5. The van der Waals surface area contributed by atoms with Crippen LogP contribution in [-0.4, -0.2) is 22.2 Å². The molecule has 1 aromatic rings. The average molecular weight is 305 g/mol. The van der Waals surface area contributed by atoms with Gasteiger partial charge in [0.15, 0.2) is 0 Å². The summed E-state index contributed by atoms with van der Waals surface area (Å²) in [7, 11) is 1.94. The molecule has 1 fully saturated rings. The third-order valence-corrected chi connectivity index (χ3v) is 5.18. The minimum Gasteiger partial charge on any atom is -0.355 e. The van der Waals surface area contributed by atoms with Gasteiger partial charge < -0.3 is 5.32 Å². The van der Waals surface area contributed by atoms with E-state index < -0.39 is 0 Å². The van der Waals surface area contributed by atoms with Crippen LogP contribution in [0.15, 0.2) is 0 Å². The van der Waals surface area contributed by atoms with Crippen LogP contribution < -0.4 is 5.32 Å². The van der Waals surface area contributed by atoms with E-state index in [-0.39, 0.29) is 11.8 Å². The predicted molar refractivity (Wildman–Crippen MR) is 89.9 cm³/mol. The highest BCUT2D eigenvalue weighted by atomic mass is 16.1. The summed E-state index contributed by atoms with van der Waals surface area (Å²) in [5.41, 5.74) is 3.14. The number of nitrogens with zero attached hydrogens (tertiary/aromatic N) is 2. The Morgan fingerprint density at radius 1 is 1.23 bits per heavy atom. The van der Waals surface area contributed by atoms with Crippen LogP contribution in [0.25, 0.3) is 0 Å². The first-order chi connectivity index (χ1) is 10.5. The van der Waals surface area contributed by atoms with E-state index in [1.807, 2.05) is 32.5 Å².